The van der Waals surface area contributed by atoms with Crippen molar-refractivity contribution in [3.63, 3.8) is 0 Å². The summed E-state index contributed by atoms with van der Waals surface area (Å²) in [7, 11) is 0. The zero-order chi connectivity index (χ0) is 15.4. The minimum atomic E-state index is -0.180. The van der Waals surface area contributed by atoms with Crippen LogP contribution in [0.3, 0.4) is 0 Å². The van der Waals surface area contributed by atoms with E-state index in [1.54, 1.807) is 34.4 Å². The summed E-state index contributed by atoms with van der Waals surface area (Å²) >= 11 is 1.58. The number of rotatable bonds is 4. The summed E-state index contributed by atoms with van der Waals surface area (Å²) in [6.45, 7) is 1.32. The third kappa shape index (κ3) is 3.35. The molecule has 2 heterocycles. The monoisotopic (exact) mass is 313 g/mol. The molecule has 112 valence electrons. The minimum absolute atomic E-state index is 0.0873. The van der Waals surface area contributed by atoms with E-state index in [1.165, 1.54) is 6.08 Å². The molecule has 1 fully saturated rings. The summed E-state index contributed by atoms with van der Waals surface area (Å²) in [5.74, 6) is -0.180. The molecule has 0 bridgehead atoms. The van der Waals surface area contributed by atoms with Gasteiger partial charge >= 0.3 is 6.03 Å². The highest BCUT2D eigenvalue weighted by Crippen LogP contribution is 2.19. The fourth-order valence-electron chi connectivity index (χ4n) is 2.17. The number of carbonyl (C=O) groups is 2. The van der Waals surface area contributed by atoms with Gasteiger partial charge in [-0.3, -0.25) is 9.69 Å². The van der Waals surface area contributed by atoms with Gasteiger partial charge in [0.1, 0.15) is 0 Å². The van der Waals surface area contributed by atoms with Gasteiger partial charge in [0.15, 0.2) is 0 Å². The van der Waals surface area contributed by atoms with Gasteiger partial charge < -0.3 is 10.6 Å². The number of anilines is 2. The number of nitrogens with one attached hydrogen (secondary N) is 2. The summed E-state index contributed by atoms with van der Waals surface area (Å²) in [5.41, 5.74) is 1.52. The molecule has 1 saturated heterocycles. The first-order chi connectivity index (χ1) is 10.7. The molecule has 1 aliphatic rings. The number of amides is 3. The first kappa shape index (κ1) is 14.3. The number of thiophene rings is 1. The van der Waals surface area contributed by atoms with E-state index < -0.39 is 0 Å². The van der Waals surface area contributed by atoms with E-state index in [1.807, 2.05) is 29.6 Å². The molecular weight excluding hydrogens is 298 g/mol. The first-order valence-electron chi connectivity index (χ1n) is 6.90. The second-order valence-corrected chi connectivity index (χ2v) is 5.75. The van der Waals surface area contributed by atoms with Gasteiger partial charge in [-0.05, 0) is 41.8 Å². The van der Waals surface area contributed by atoms with E-state index >= 15 is 0 Å². The van der Waals surface area contributed by atoms with Crippen molar-refractivity contribution in [2.75, 3.05) is 23.3 Å². The molecule has 1 aromatic carbocycles. The van der Waals surface area contributed by atoms with Gasteiger partial charge in [0.2, 0.25) is 5.91 Å². The Morgan fingerprint density at radius 2 is 2.09 bits per heavy atom. The number of hydrogen-bond donors (Lipinski definition) is 2. The molecule has 1 aromatic heterocycles. The Hall–Kier alpha value is -2.60. The van der Waals surface area contributed by atoms with Crippen LogP contribution in [-0.4, -0.2) is 25.0 Å². The van der Waals surface area contributed by atoms with Gasteiger partial charge in [0, 0.05) is 35.4 Å². The lowest BCUT2D eigenvalue weighted by molar-refractivity contribution is -0.111. The lowest BCUT2D eigenvalue weighted by atomic mass is 10.2. The Morgan fingerprint density at radius 1 is 1.27 bits per heavy atom. The number of benzene rings is 1. The lowest BCUT2D eigenvalue weighted by Crippen LogP contribution is -2.27. The van der Waals surface area contributed by atoms with Crippen LogP contribution in [0, 0.1) is 0 Å². The third-order valence-electron chi connectivity index (χ3n) is 3.25. The Morgan fingerprint density at radius 3 is 2.73 bits per heavy atom. The van der Waals surface area contributed by atoms with Crippen molar-refractivity contribution in [1.82, 2.24) is 5.32 Å². The Labute approximate surface area is 132 Å². The quantitative estimate of drug-likeness (QED) is 0.853. The van der Waals surface area contributed by atoms with E-state index in [2.05, 4.69) is 10.6 Å². The van der Waals surface area contributed by atoms with Crippen molar-refractivity contribution in [3.05, 3.63) is 52.7 Å². The molecule has 0 unspecified atom stereocenters. The molecule has 6 heteroatoms. The van der Waals surface area contributed by atoms with Crippen molar-refractivity contribution in [3.8, 4) is 0 Å². The summed E-state index contributed by atoms with van der Waals surface area (Å²) in [6, 6.07) is 11.0. The summed E-state index contributed by atoms with van der Waals surface area (Å²) in [5, 5.41) is 7.51. The van der Waals surface area contributed by atoms with Gasteiger partial charge in [0.25, 0.3) is 0 Å². The van der Waals surface area contributed by atoms with E-state index in [4.69, 9.17) is 0 Å². The molecule has 2 N–H and O–H groups in total. The molecule has 0 aliphatic carbocycles. The highest BCUT2D eigenvalue weighted by molar-refractivity contribution is 7.10. The molecule has 0 spiro atoms. The second-order valence-electron chi connectivity index (χ2n) is 4.77. The van der Waals surface area contributed by atoms with Gasteiger partial charge in [-0.25, -0.2) is 4.79 Å². The van der Waals surface area contributed by atoms with Crippen LogP contribution in [-0.2, 0) is 4.79 Å². The third-order valence-corrected chi connectivity index (χ3v) is 4.08. The molecule has 0 saturated carbocycles. The first-order valence-corrected chi connectivity index (χ1v) is 7.78. The van der Waals surface area contributed by atoms with Gasteiger partial charge in [-0.1, -0.05) is 6.07 Å². The van der Waals surface area contributed by atoms with Crippen LogP contribution >= 0.6 is 11.3 Å². The number of carbonyl (C=O) groups excluding carboxylic acids is 2. The maximum Gasteiger partial charge on any atom is 0.321 e. The van der Waals surface area contributed by atoms with Crippen LogP contribution in [0.2, 0.25) is 0 Å². The molecule has 0 atom stereocenters. The summed E-state index contributed by atoms with van der Waals surface area (Å²) in [4.78, 5) is 26.1. The topological polar surface area (TPSA) is 61.4 Å². The van der Waals surface area contributed by atoms with E-state index in [-0.39, 0.29) is 11.9 Å². The summed E-state index contributed by atoms with van der Waals surface area (Å²) < 4.78 is 0. The minimum Gasteiger partial charge on any atom is -0.336 e. The predicted molar refractivity (Wildman–Crippen MR) is 89.2 cm³/mol. The van der Waals surface area contributed by atoms with Crippen LogP contribution < -0.4 is 15.5 Å². The van der Waals surface area contributed by atoms with Crippen LogP contribution in [0.5, 0.6) is 0 Å². The average Bonchev–Trinajstić information content (AvgIpc) is 3.17. The highest BCUT2D eigenvalue weighted by Gasteiger charge is 2.20. The van der Waals surface area contributed by atoms with Crippen molar-refractivity contribution in [2.24, 2.45) is 0 Å². The maximum absolute atomic E-state index is 11.8. The molecular formula is C16H15N3O2S. The lowest BCUT2D eigenvalue weighted by Gasteiger charge is -2.14. The average molecular weight is 313 g/mol. The van der Waals surface area contributed by atoms with Crippen LogP contribution in [0.25, 0.3) is 6.08 Å². The SMILES string of the molecule is O=C(/C=C/c1cccs1)Nc1ccc(N2CCNC2=O)cc1. The Balaban J connectivity index is 1.61. The predicted octanol–water partition coefficient (Wildman–Crippen LogP) is 2.93. The smallest absolute Gasteiger partial charge is 0.321 e. The van der Waals surface area contributed by atoms with E-state index in [0.29, 0.717) is 18.8 Å². The zero-order valence-electron chi connectivity index (χ0n) is 11.8. The second kappa shape index (κ2) is 6.44. The largest absolute Gasteiger partial charge is 0.336 e. The summed E-state index contributed by atoms with van der Waals surface area (Å²) in [6.07, 6.45) is 3.29. The molecule has 3 amide bonds. The molecule has 3 rings (SSSR count). The van der Waals surface area contributed by atoms with E-state index in [0.717, 1.165) is 10.6 Å². The number of urea groups is 1. The molecule has 22 heavy (non-hydrogen) atoms. The van der Waals surface area contributed by atoms with Crippen molar-refractivity contribution >= 4 is 40.7 Å². The molecule has 1 aliphatic heterocycles. The molecule has 2 aromatic rings. The van der Waals surface area contributed by atoms with Gasteiger partial charge in [-0.2, -0.15) is 0 Å². The zero-order valence-corrected chi connectivity index (χ0v) is 12.6. The Kier molecular flexibility index (Phi) is 4.20. The van der Waals surface area contributed by atoms with Gasteiger partial charge in [0.05, 0.1) is 0 Å². The molecule has 0 radical (unpaired) electrons. The fraction of sp³-hybridized carbons (Fsp3) is 0.125. The maximum atomic E-state index is 11.8. The van der Waals surface area contributed by atoms with Crippen LogP contribution in [0.15, 0.2) is 47.9 Å². The van der Waals surface area contributed by atoms with Crippen LogP contribution in [0.1, 0.15) is 4.88 Å². The Bertz CT molecular complexity index is 693. The number of nitrogens with zero attached hydrogens (tertiary/aromatic N) is 1. The standard InChI is InChI=1S/C16H15N3O2S/c20-15(8-7-14-2-1-11-22-14)18-12-3-5-13(6-4-12)19-10-9-17-16(19)21/h1-8,11H,9-10H2,(H,17,21)(H,18,20)/b8-7+. The van der Waals surface area contributed by atoms with Crippen molar-refractivity contribution in [2.45, 2.75) is 0 Å². The van der Waals surface area contributed by atoms with E-state index in [9.17, 15) is 9.59 Å². The molecule has 5 nitrogen and oxygen atoms in total. The highest BCUT2D eigenvalue weighted by atomic mass is 32.1. The fourth-order valence-corrected chi connectivity index (χ4v) is 2.79. The van der Waals surface area contributed by atoms with Crippen molar-refractivity contribution < 1.29 is 9.59 Å². The van der Waals surface area contributed by atoms with Crippen molar-refractivity contribution in [1.29, 1.82) is 0 Å². The van der Waals surface area contributed by atoms with Gasteiger partial charge in [-0.15, -0.1) is 11.3 Å². The van der Waals surface area contributed by atoms with Crippen LogP contribution in [0.4, 0.5) is 16.2 Å². The number of hydrogen-bond acceptors (Lipinski definition) is 3. The normalized spacial score (nSPS) is 14.4.